The number of aromatic amines is 1. The second kappa shape index (κ2) is 5.41. The van der Waals surface area contributed by atoms with Crippen LogP contribution in [0.5, 0.6) is 0 Å². The number of hydrogen-bond acceptors (Lipinski definition) is 6. The summed E-state index contributed by atoms with van der Waals surface area (Å²) in [5, 5.41) is 22.3. The van der Waals surface area contributed by atoms with Crippen molar-refractivity contribution in [1.29, 1.82) is 0 Å². The minimum atomic E-state index is -0.181. The molecule has 3 aromatic rings. The van der Waals surface area contributed by atoms with E-state index in [0.717, 1.165) is 21.2 Å². The van der Waals surface area contributed by atoms with Crippen molar-refractivity contribution in [2.24, 2.45) is 0 Å². The summed E-state index contributed by atoms with van der Waals surface area (Å²) < 4.78 is 2.37. The van der Waals surface area contributed by atoms with Gasteiger partial charge in [-0.05, 0) is 51.5 Å². The van der Waals surface area contributed by atoms with Crippen molar-refractivity contribution in [2.75, 3.05) is 17.3 Å². The molecule has 24 heavy (non-hydrogen) atoms. The predicted molar refractivity (Wildman–Crippen MR) is 91.3 cm³/mol. The Kier molecular flexibility index (Phi) is 3.34. The molecule has 2 aromatic heterocycles. The lowest BCUT2D eigenvalue weighted by Crippen LogP contribution is -2.32. The van der Waals surface area contributed by atoms with Crippen molar-refractivity contribution >= 4 is 44.4 Å². The van der Waals surface area contributed by atoms with Crippen molar-refractivity contribution in [2.45, 2.75) is 13.5 Å². The minimum absolute atomic E-state index is 0.181. The third-order valence-corrected chi connectivity index (χ3v) is 4.70. The number of fused-ring (bicyclic) bond motifs is 2. The van der Waals surface area contributed by atoms with Gasteiger partial charge < -0.3 is 10.2 Å². The Morgan fingerprint density at radius 1 is 1.42 bits per heavy atom. The average Bonchev–Trinajstić information content (AvgIpc) is 3.18. The molecule has 9 nitrogen and oxygen atoms in total. The van der Waals surface area contributed by atoms with Crippen molar-refractivity contribution in [3.8, 4) is 0 Å². The molecule has 1 aliphatic heterocycles. The molecule has 0 saturated carbocycles. The van der Waals surface area contributed by atoms with Gasteiger partial charge in [0, 0.05) is 23.8 Å². The van der Waals surface area contributed by atoms with Crippen LogP contribution in [-0.2, 0) is 11.3 Å². The van der Waals surface area contributed by atoms with Crippen molar-refractivity contribution < 1.29 is 4.79 Å². The van der Waals surface area contributed by atoms with E-state index in [1.165, 1.54) is 0 Å². The largest absolute Gasteiger partial charge is 0.322 e. The zero-order valence-corrected chi connectivity index (χ0v) is 14.5. The van der Waals surface area contributed by atoms with Gasteiger partial charge in [0.05, 0.1) is 17.6 Å². The highest BCUT2D eigenvalue weighted by Gasteiger charge is 2.26. The first kappa shape index (κ1) is 14.8. The molecule has 0 radical (unpaired) electrons. The third kappa shape index (κ3) is 2.26. The second-order valence-corrected chi connectivity index (χ2v) is 6.28. The van der Waals surface area contributed by atoms with Crippen LogP contribution < -0.4 is 10.2 Å². The minimum Gasteiger partial charge on any atom is -0.322 e. The van der Waals surface area contributed by atoms with Gasteiger partial charge in [0.25, 0.3) is 5.91 Å². The molecule has 0 fully saturated rings. The van der Waals surface area contributed by atoms with Gasteiger partial charge in [-0.15, -0.1) is 0 Å². The van der Waals surface area contributed by atoms with Gasteiger partial charge in [-0.2, -0.15) is 5.10 Å². The molecular formula is C14H13BrN8O. The number of H-pyrrole nitrogens is 1. The number of anilines is 2. The van der Waals surface area contributed by atoms with E-state index in [-0.39, 0.29) is 5.91 Å². The number of nitrogens with zero attached hydrogens (tertiary/aromatic N) is 6. The lowest BCUT2D eigenvalue weighted by atomic mass is 10.1. The predicted octanol–water partition coefficient (Wildman–Crippen LogP) is 1.67. The van der Waals surface area contributed by atoms with Crippen molar-refractivity contribution in [1.82, 2.24) is 30.4 Å². The number of rotatable bonds is 2. The maximum Gasteiger partial charge on any atom is 0.255 e. The topological polar surface area (TPSA) is 105 Å². The quantitative estimate of drug-likeness (QED) is 0.691. The van der Waals surface area contributed by atoms with Crippen LogP contribution in [0.3, 0.4) is 0 Å². The van der Waals surface area contributed by atoms with E-state index >= 15 is 0 Å². The fraction of sp³-hybridized carbons (Fsp3) is 0.214. The van der Waals surface area contributed by atoms with Crippen LogP contribution in [-0.4, -0.2) is 43.4 Å². The molecule has 3 heterocycles. The van der Waals surface area contributed by atoms with E-state index in [0.29, 0.717) is 23.8 Å². The van der Waals surface area contributed by atoms with Gasteiger partial charge in [-0.1, -0.05) is 5.10 Å². The molecule has 122 valence electrons. The van der Waals surface area contributed by atoms with E-state index in [9.17, 15) is 4.79 Å². The molecule has 4 rings (SSSR count). The third-order valence-electron chi connectivity index (χ3n) is 4.10. The summed E-state index contributed by atoms with van der Waals surface area (Å²) in [7, 11) is 1.83. The molecule has 0 bridgehead atoms. The Balaban J connectivity index is 1.63. The summed E-state index contributed by atoms with van der Waals surface area (Å²) in [6, 6.07) is 5.53. The number of nitrogens with one attached hydrogen (secondary N) is 2. The maximum absolute atomic E-state index is 12.7. The van der Waals surface area contributed by atoms with E-state index in [1.54, 1.807) is 9.58 Å². The zero-order valence-electron chi connectivity index (χ0n) is 12.9. The van der Waals surface area contributed by atoms with Crippen molar-refractivity contribution in [3.63, 3.8) is 0 Å². The number of hydrogen-bond donors (Lipinski definition) is 2. The Morgan fingerprint density at radius 3 is 3.08 bits per heavy atom. The lowest BCUT2D eigenvalue weighted by molar-refractivity contribution is -0.113. The van der Waals surface area contributed by atoms with Gasteiger partial charge >= 0.3 is 0 Å². The number of amides is 1. The average molecular weight is 389 g/mol. The maximum atomic E-state index is 12.7. The SMILES string of the molecule is CC1=C(C(=O)Nc2ccc3n[nH]c(Br)c3c2)Cn2nnnc2N1C. The lowest BCUT2D eigenvalue weighted by Gasteiger charge is -2.26. The molecule has 1 aromatic carbocycles. The van der Waals surface area contributed by atoms with E-state index < -0.39 is 0 Å². The number of carbonyl (C=O) groups is 1. The van der Waals surface area contributed by atoms with Gasteiger partial charge in [-0.25, -0.2) is 4.68 Å². The van der Waals surface area contributed by atoms with Gasteiger partial charge in [0.15, 0.2) is 0 Å². The van der Waals surface area contributed by atoms with E-state index in [2.05, 4.69) is 47.0 Å². The summed E-state index contributed by atoms with van der Waals surface area (Å²) in [4.78, 5) is 14.5. The molecule has 2 N–H and O–H groups in total. The molecular weight excluding hydrogens is 376 g/mol. The van der Waals surface area contributed by atoms with Crippen LogP contribution in [0.25, 0.3) is 10.9 Å². The highest BCUT2D eigenvalue weighted by molar-refractivity contribution is 9.10. The fourth-order valence-electron chi connectivity index (χ4n) is 2.66. The summed E-state index contributed by atoms with van der Waals surface area (Å²) in [6.45, 7) is 2.21. The summed E-state index contributed by atoms with van der Waals surface area (Å²) in [6.07, 6.45) is 0. The first-order valence-corrected chi connectivity index (χ1v) is 7.98. The smallest absolute Gasteiger partial charge is 0.255 e. The van der Waals surface area contributed by atoms with Crippen LogP contribution in [0.4, 0.5) is 11.6 Å². The van der Waals surface area contributed by atoms with Crippen LogP contribution in [0.2, 0.25) is 0 Å². The fourth-order valence-corrected chi connectivity index (χ4v) is 3.06. The molecule has 0 saturated heterocycles. The van der Waals surface area contributed by atoms with Crippen molar-refractivity contribution in [3.05, 3.63) is 34.1 Å². The zero-order chi connectivity index (χ0) is 16.8. The number of aromatic nitrogens is 6. The molecule has 0 spiro atoms. The van der Waals surface area contributed by atoms with Gasteiger partial charge in [0.1, 0.15) is 4.60 Å². The van der Waals surface area contributed by atoms with Crippen LogP contribution in [0.1, 0.15) is 6.92 Å². The second-order valence-electron chi connectivity index (χ2n) is 5.48. The van der Waals surface area contributed by atoms with Crippen LogP contribution >= 0.6 is 15.9 Å². The highest BCUT2D eigenvalue weighted by Crippen LogP contribution is 2.26. The number of carbonyl (C=O) groups excluding carboxylic acids is 1. The molecule has 0 atom stereocenters. The van der Waals surface area contributed by atoms with E-state index in [1.807, 2.05) is 32.2 Å². The van der Waals surface area contributed by atoms with Gasteiger partial charge in [0.2, 0.25) is 5.95 Å². The first-order chi connectivity index (χ1) is 11.5. The Morgan fingerprint density at radius 2 is 2.25 bits per heavy atom. The molecule has 10 heteroatoms. The number of tetrazole rings is 1. The van der Waals surface area contributed by atoms with Crippen LogP contribution in [0.15, 0.2) is 34.1 Å². The van der Waals surface area contributed by atoms with Gasteiger partial charge in [-0.3, -0.25) is 9.89 Å². The first-order valence-electron chi connectivity index (χ1n) is 7.19. The number of halogens is 1. The Labute approximate surface area is 144 Å². The normalized spacial score (nSPS) is 14.2. The summed E-state index contributed by atoms with van der Waals surface area (Å²) in [5.74, 6) is 0.437. The monoisotopic (exact) mass is 388 g/mol. The molecule has 0 unspecified atom stereocenters. The number of benzene rings is 1. The Bertz CT molecular complexity index is 988. The summed E-state index contributed by atoms with van der Waals surface area (Å²) >= 11 is 3.40. The molecule has 0 aliphatic carbocycles. The molecule has 1 amide bonds. The summed E-state index contributed by atoms with van der Waals surface area (Å²) in [5.41, 5.74) is 2.95. The molecule has 1 aliphatic rings. The highest BCUT2D eigenvalue weighted by atomic mass is 79.9. The standard InChI is InChI=1S/C14H13BrN8O/c1-7-10(6-23-14(22(7)2)19-20-21-23)13(24)16-8-3-4-11-9(5-8)12(15)18-17-11/h3-5H,6H2,1-2H3,(H,16,24)(H,17,18). The van der Waals surface area contributed by atoms with Crippen LogP contribution in [0, 0.1) is 0 Å². The Hall–Kier alpha value is -2.75. The van der Waals surface area contributed by atoms with E-state index in [4.69, 9.17) is 0 Å². The number of allylic oxidation sites excluding steroid dienone is 1.